The van der Waals surface area contributed by atoms with E-state index in [2.05, 4.69) is 31.9 Å². The smallest absolute Gasteiger partial charge is 0.217 e. The van der Waals surface area contributed by atoms with Crippen molar-refractivity contribution in [1.29, 1.82) is 0 Å². The Kier molecular flexibility index (Phi) is 40.2. The number of aliphatic hydroxyl groups excluding tert-OH is 27. The molecule has 33 N–H and O–H groups in total. The van der Waals surface area contributed by atoms with Crippen LogP contribution in [-0.4, -0.2) is 546 Å². The van der Waals surface area contributed by atoms with Crippen molar-refractivity contribution in [2.45, 2.75) is 342 Å². The number of carbonyl (C=O) groups is 6. The summed E-state index contributed by atoms with van der Waals surface area (Å²) in [6, 6.07) is -11.8. The van der Waals surface area contributed by atoms with Crippen LogP contribution >= 0.6 is 0 Å². The van der Waals surface area contributed by atoms with Crippen LogP contribution in [-0.2, 0) is 114 Å². The summed E-state index contributed by atoms with van der Waals surface area (Å²) in [5.74, 6) is -5.88. The minimum atomic E-state index is -2.85. The second kappa shape index (κ2) is 48.2. The van der Waals surface area contributed by atoms with Crippen LogP contribution < -0.4 is 31.9 Å². The Labute approximate surface area is 731 Å². The Morgan fingerprint density at radius 1 is 0.264 bits per heavy atom. The monoisotopic (exact) mass is 1890 g/mol. The van der Waals surface area contributed by atoms with Crippen LogP contribution in [0.15, 0.2) is 0 Å². The summed E-state index contributed by atoms with van der Waals surface area (Å²) >= 11 is 0. The molecule has 129 heavy (non-hydrogen) atoms. The summed E-state index contributed by atoms with van der Waals surface area (Å²) in [5, 5.41) is 319. The zero-order valence-corrected chi connectivity index (χ0v) is 69.9. The molecule has 0 aliphatic carbocycles. The normalized spacial score (nSPS) is 45.0. The minimum absolute atomic E-state index is 0.856. The lowest BCUT2D eigenvalue weighted by atomic mass is 9.93. The molecule has 49 atom stereocenters. The van der Waals surface area contributed by atoms with Gasteiger partial charge in [0.25, 0.3) is 0 Å². The Morgan fingerprint density at radius 2 is 0.550 bits per heavy atom. The van der Waals surface area contributed by atoms with Crippen LogP contribution in [0.1, 0.15) is 41.5 Å². The van der Waals surface area contributed by atoms with Gasteiger partial charge < -0.3 is 255 Å². The molecule has 0 bridgehead atoms. The van der Waals surface area contributed by atoms with E-state index in [1.165, 1.54) is 0 Å². The SMILES string of the molecule is CC(=O)N[C@H]1[C@H](O[C@@H]([C@H](O)[C@H](CO)NC(C)=O)[C@H](O)CO)O[C@H](CO)[C@@H](O[C@@H]2O[C@H](CO[C@H]3O[C@H](CO)[C@@H](O)[C@H](O)[C@@H]3O[C@@H]3O[C@H](CO)[C@@H](O)[C@H](O)[C@H]3NC(C)=O)[C@@H](O[C@@H]3O[C@H](CO)[C@@H](O)[C@H](O)[C@H]3NC(C)=O)[C@H](O[C@H]3O[C@H](CO)[C@@H](O[C@@H]4O[C@H](CO)[C@@H](O[C@@H]5O[C@H](CO)[C@H](O)[C@H](O)[C@H]5O)[C@H](O)[C@H]4NC(C)=O)[C@H](O)[C@@H]3O[C@@H]3O[C@H](CO)[C@@H](O)[C@H](O)[C@H]3NC(C)=O)[C@@H]2O)[C@@H]1O. The van der Waals surface area contributed by atoms with E-state index < -0.39 is 409 Å². The van der Waals surface area contributed by atoms with E-state index in [0.717, 1.165) is 41.5 Å². The number of ether oxygens (including phenoxy) is 18. The topological polar surface area (TPSA) is 887 Å². The highest BCUT2D eigenvalue weighted by Gasteiger charge is 2.63. The van der Waals surface area contributed by atoms with Crippen molar-refractivity contribution in [3.05, 3.63) is 0 Å². The zero-order chi connectivity index (χ0) is 95.5. The van der Waals surface area contributed by atoms with E-state index in [1.54, 1.807) is 0 Å². The van der Waals surface area contributed by atoms with E-state index in [1.807, 2.05) is 0 Å². The molecule has 9 heterocycles. The molecule has 746 valence electrons. The molecular weight excluding hydrogens is 1760 g/mol. The molecule has 9 aliphatic rings. The summed E-state index contributed by atoms with van der Waals surface area (Å²) in [5.41, 5.74) is 0. The maximum Gasteiger partial charge on any atom is 0.217 e. The standard InChI is InChI=1S/C72H122N6O51/c1-18(89)73-24(7-79)40(96)56(25(95)8-80)122-67-38(77-22(5)93)49(105)58(32(15-87)118-67)125-70-55(111)61(60(126-64-35(74-19(2)90)46(102)41(97)26(9-81)113-64)34(121-70)17-112-71-62(52(108)45(101)30(13-85)117-71)128-65-36(75-20(3)91)47(103)42(98)27(10-82)114-65)127-72-63(129-66-37(76-21(4)92)48(104)43(99)28(11-83)115-66)54(110)59(33(16-88)120-72)123-68-39(78-23(6)94)50(106)57(31(14-86)119-68)124-69-53(109)51(107)44(100)29(12-84)116-69/h24-72,79-88,95-111H,7-17H2,1-6H3,(H,73,89)(H,74,90)(H,75,91)(H,76,92)(H,77,93)(H,78,94)/t24-,25+,26+,27+,28+,29+,30+,31+,32+,33+,34+,35+,36+,37+,38+,39+,40+,41+,42+,43+,44-,45+,46+,47+,48+,49+,50+,51-,52-,53+,54-,55-,56+,57+,58+,59+,60+,61+,62-,63-,64-,65-,66-,67-,68-,69-,70-,71-,72+/m0/s1. The van der Waals surface area contributed by atoms with Gasteiger partial charge in [-0.3, -0.25) is 28.8 Å². The van der Waals surface area contributed by atoms with Gasteiger partial charge in [0, 0.05) is 41.5 Å². The Hall–Kier alpha value is -4.98. The number of aliphatic hydroxyl groups is 27. The van der Waals surface area contributed by atoms with Crippen LogP contribution in [0.2, 0.25) is 0 Å². The van der Waals surface area contributed by atoms with Crippen molar-refractivity contribution >= 4 is 35.4 Å². The Morgan fingerprint density at radius 3 is 0.930 bits per heavy atom. The van der Waals surface area contributed by atoms with Crippen molar-refractivity contribution in [2.24, 2.45) is 0 Å². The van der Waals surface area contributed by atoms with Crippen LogP contribution in [0, 0.1) is 0 Å². The predicted molar refractivity (Wildman–Crippen MR) is 401 cm³/mol. The van der Waals surface area contributed by atoms with Gasteiger partial charge in [-0.05, 0) is 0 Å². The summed E-state index contributed by atoms with van der Waals surface area (Å²) < 4.78 is 111. The molecule has 6 amide bonds. The van der Waals surface area contributed by atoms with Gasteiger partial charge in [0.1, 0.15) is 238 Å². The number of hydrogen-bond donors (Lipinski definition) is 33. The molecule has 9 fully saturated rings. The third-order valence-corrected chi connectivity index (χ3v) is 22.9. The lowest BCUT2D eigenvalue weighted by Gasteiger charge is -2.53. The van der Waals surface area contributed by atoms with Crippen LogP contribution in [0.25, 0.3) is 0 Å². The molecule has 57 heteroatoms. The number of rotatable bonds is 38. The van der Waals surface area contributed by atoms with E-state index >= 15 is 0 Å². The van der Waals surface area contributed by atoms with Crippen molar-refractivity contribution < 1.29 is 252 Å². The molecule has 57 nitrogen and oxygen atoms in total. The predicted octanol–water partition coefficient (Wildman–Crippen LogP) is -22.3. The molecule has 9 rings (SSSR count). The average molecular weight is 1890 g/mol. The molecule has 0 aromatic heterocycles. The van der Waals surface area contributed by atoms with Gasteiger partial charge in [-0.2, -0.15) is 0 Å². The fourth-order valence-electron chi connectivity index (χ4n) is 16.3. The molecule has 0 aromatic carbocycles. The maximum absolute atomic E-state index is 13.5. The maximum atomic E-state index is 13.5. The largest absolute Gasteiger partial charge is 0.394 e. The molecular formula is C72H122N6O51. The van der Waals surface area contributed by atoms with Crippen LogP contribution in [0.4, 0.5) is 0 Å². The van der Waals surface area contributed by atoms with Gasteiger partial charge >= 0.3 is 0 Å². The van der Waals surface area contributed by atoms with Crippen LogP contribution in [0.3, 0.4) is 0 Å². The zero-order valence-electron chi connectivity index (χ0n) is 69.9. The van der Waals surface area contributed by atoms with Gasteiger partial charge in [-0.25, -0.2) is 0 Å². The van der Waals surface area contributed by atoms with Crippen molar-refractivity contribution in [1.82, 2.24) is 31.9 Å². The third-order valence-electron chi connectivity index (χ3n) is 22.9. The van der Waals surface area contributed by atoms with Gasteiger partial charge in [0.05, 0.1) is 78.7 Å². The molecule has 0 unspecified atom stereocenters. The summed E-state index contributed by atoms with van der Waals surface area (Å²) in [6.07, 6.45) is -96.5. The fraction of sp³-hybridized carbons (Fsp3) is 0.917. The number of nitrogens with one attached hydrogen (secondary N) is 6. The van der Waals surface area contributed by atoms with Crippen molar-refractivity contribution in [3.8, 4) is 0 Å². The molecule has 0 spiro atoms. The second-order valence-corrected chi connectivity index (χ2v) is 32.2. The number of carbonyl (C=O) groups excluding carboxylic acids is 6. The van der Waals surface area contributed by atoms with Gasteiger partial charge in [-0.1, -0.05) is 0 Å². The first-order chi connectivity index (χ1) is 61.0. The minimum Gasteiger partial charge on any atom is -0.394 e. The Balaban J connectivity index is 1.23. The molecule has 0 saturated carbocycles. The Bertz CT molecular complexity index is 3520. The summed E-state index contributed by atoms with van der Waals surface area (Å²) in [4.78, 5) is 77.7. The highest BCUT2D eigenvalue weighted by molar-refractivity contribution is 5.75. The first-order valence-corrected chi connectivity index (χ1v) is 41.0. The third kappa shape index (κ3) is 25.1. The lowest BCUT2D eigenvalue weighted by Crippen LogP contribution is -2.72. The summed E-state index contributed by atoms with van der Waals surface area (Å²) in [6.45, 7) is -7.87. The van der Waals surface area contributed by atoms with Crippen LogP contribution in [0.5, 0.6) is 0 Å². The first-order valence-electron chi connectivity index (χ1n) is 41.0. The molecule has 0 aromatic rings. The molecule has 0 radical (unpaired) electrons. The second-order valence-electron chi connectivity index (χ2n) is 32.2. The summed E-state index contributed by atoms with van der Waals surface area (Å²) in [7, 11) is 0. The molecule has 9 aliphatic heterocycles. The van der Waals surface area contributed by atoms with E-state index in [0.29, 0.717) is 0 Å². The molecule has 9 saturated heterocycles. The quantitative estimate of drug-likeness (QED) is 0.0273. The van der Waals surface area contributed by atoms with E-state index in [4.69, 9.17) is 85.3 Å². The first kappa shape index (κ1) is 108. The van der Waals surface area contributed by atoms with Gasteiger partial charge in [0.15, 0.2) is 56.6 Å². The average Bonchev–Trinajstić information content (AvgIpc) is 0.754. The van der Waals surface area contributed by atoms with Crippen molar-refractivity contribution in [3.63, 3.8) is 0 Å². The fourth-order valence-corrected chi connectivity index (χ4v) is 16.3. The van der Waals surface area contributed by atoms with E-state index in [9.17, 15) is 167 Å². The van der Waals surface area contributed by atoms with E-state index in [-0.39, 0.29) is 0 Å². The van der Waals surface area contributed by atoms with Gasteiger partial charge in [-0.15, -0.1) is 0 Å². The van der Waals surface area contributed by atoms with Gasteiger partial charge in [0.2, 0.25) is 35.4 Å². The lowest BCUT2D eigenvalue weighted by molar-refractivity contribution is -0.412. The highest BCUT2D eigenvalue weighted by atomic mass is 16.8. The number of amides is 6. The van der Waals surface area contributed by atoms with Crippen molar-refractivity contribution in [2.75, 3.05) is 72.7 Å². The highest BCUT2D eigenvalue weighted by Crippen LogP contribution is 2.42. The number of hydrogen-bond acceptors (Lipinski definition) is 51.